The summed E-state index contributed by atoms with van der Waals surface area (Å²) in [6.45, 7) is 0.529. The number of benzene rings is 2. The van der Waals surface area contributed by atoms with Gasteiger partial charge in [-0.2, -0.15) is 0 Å². The van der Waals surface area contributed by atoms with E-state index in [9.17, 15) is 4.79 Å². The summed E-state index contributed by atoms with van der Waals surface area (Å²) in [5.41, 5.74) is 2.01. The first-order chi connectivity index (χ1) is 13.3. The van der Waals surface area contributed by atoms with E-state index < -0.39 is 0 Å². The number of ether oxygens (including phenoxy) is 1. The van der Waals surface area contributed by atoms with E-state index >= 15 is 0 Å². The molecule has 138 valence electrons. The largest absolute Gasteiger partial charge is 0.494 e. The molecule has 3 aromatic rings. The Bertz CT molecular complexity index is 824. The van der Waals surface area contributed by atoms with E-state index in [-0.39, 0.29) is 5.91 Å². The summed E-state index contributed by atoms with van der Waals surface area (Å²) in [6, 6.07) is 21.6. The molecular formula is C22H22N2O2S. The number of amides is 1. The van der Waals surface area contributed by atoms with Crippen LogP contribution < -0.4 is 10.1 Å². The fourth-order valence-electron chi connectivity index (χ4n) is 2.45. The van der Waals surface area contributed by atoms with Crippen LogP contribution >= 0.6 is 11.8 Å². The van der Waals surface area contributed by atoms with Crippen molar-refractivity contribution in [3.63, 3.8) is 0 Å². The normalized spacial score (nSPS) is 10.4. The van der Waals surface area contributed by atoms with Crippen LogP contribution in [-0.2, 0) is 10.5 Å². The van der Waals surface area contributed by atoms with Crippen LogP contribution in [0.3, 0.4) is 0 Å². The number of nitrogens with zero attached hydrogens (tertiary/aromatic N) is 1. The molecular weight excluding hydrogens is 356 g/mol. The van der Waals surface area contributed by atoms with E-state index in [1.54, 1.807) is 18.0 Å². The zero-order valence-electron chi connectivity index (χ0n) is 15.0. The Kier molecular flexibility index (Phi) is 7.30. The first-order valence-electron chi connectivity index (χ1n) is 8.89. The second-order valence-electron chi connectivity index (χ2n) is 5.99. The van der Waals surface area contributed by atoms with Crippen molar-refractivity contribution in [3.05, 3.63) is 84.7 Å². The number of anilines is 1. The summed E-state index contributed by atoms with van der Waals surface area (Å²) in [6.07, 6.45) is 4.77. The third kappa shape index (κ3) is 6.79. The molecule has 0 unspecified atom stereocenters. The molecule has 1 N–H and O–H groups in total. The van der Waals surface area contributed by atoms with Crippen LogP contribution in [0.25, 0.3) is 0 Å². The SMILES string of the molecule is O=C(CCCOc1ccccc1)Nc1ccc(SCc2cccnc2)cc1. The Morgan fingerprint density at radius 1 is 1.00 bits per heavy atom. The highest BCUT2D eigenvalue weighted by atomic mass is 32.2. The first kappa shape index (κ1) is 19.0. The van der Waals surface area contributed by atoms with E-state index in [0.717, 1.165) is 22.1 Å². The van der Waals surface area contributed by atoms with Gasteiger partial charge < -0.3 is 10.1 Å². The predicted molar refractivity (Wildman–Crippen MR) is 110 cm³/mol. The van der Waals surface area contributed by atoms with Crippen LogP contribution in [0, 0.1) is 0 Å². The maximum Gasteiger partial charge on any atom is 0.224 e. The third-order valence-electron chi connectivity index (χ3n) is 3.83. The molecule has 4 nitrogen and oxygen atoms in total. The van der Waals surface area contributed by atoms with Crippen molar-refractivity contribution < 1.29 is 9.53 Å². The highest BCUT2D eigenvalue weighted by Gasteiger charge is 2.03. The molecule has 1 heterocycles. The molecule has 0 bridgehead atoms. The fourth-order valence-corrected chi connectivity index (χ4v) is 3.28. The molecule has 0 saturated carbocycles. The van der Waals surface area contributed by atoms with Gasteiger partial charge >= 0.3 is 0 Å². The van der Waals surface area contributed by atoms with Crippen molar-refractivity contribution in [2.24, 2.45) is 0 Å². The van der Waals surface area contributed by atoms with Gasteiger partial charge in [-0.1, -0.05) is 24.3 Å². The highest BCUT2D eigenvalue weighted by molar-refractivity contribution is 7.98. The van der Waals surface area contributed by atoms with Crippen molar-refractivity contribution >= 4 is 23.4 Å². The molecule has 1 amide bonds. The van der Waals surface area contributed by atoms with Crippen molar-refractivity contribution in [3.8, 4) is 5.75 Å². The van der Waals surface area contributed by atoms with E-state index in [0.29, 0.717) is 19.4 Å². The molecule has 0 aliphatic heterocycles. The number of thioether (sulfide) groups is 1. The van der Waals surface area contributed by atoms with Gasteiger partial charge in [0.15, 0.2) is 0 Å². The molecule has 0 fully saturated rings. The van der Waals surface area contributed by atoms with Crippen molar-refractivity contribution in [1.29, 1.82) is 0 Å². The van der Waals surface area contributed by atoms with Crippen LogP contribution in [0.2, 0.25) is 0 Å². The standard InChI is InChI=1S/C22H22N2O2S/c25-22(9-5-15-26-20-7-2-1-3-8-20)24-19-10-12-21(13-11-19)27-17-18-6-4-14-23-16-18/h1-4,6-8,10-14,16H,5,9,15,17H2,(H,24,25). The fraction of sp³-hybridized carbons (Fsp3) is 0.182. The van der Waals surface area contributed by atoms with Crippen LogP contribution in [-0.4, -0.2) is 17.5 Å². The summed E-state index contributed by atoms with van der Waals surface area (Å²) >= 11 is 1.75. The van der Waals surface area contributed by atoms with E-state index in [1.165, 1.54) is 5.56 Å². The molecule has 1 aromatic heterocycles. The van der Waals surface area contributed by atoms with Crippen molar-refractivity contribution in [1.82, 2.24) is 4.98 Å². The van der Waals surface area contributed by atoms with E-state index in [2.05, 4.69) is 16.4 Å². The van der Waals surface area contributed by atoms with E-state index in [4.69, 9.17) is 4.74 Å². The molecule has 0 aliphatic rings. The number of para-hydroxylation sites is 1. The smallest absolute Gasteiger partial charge is 0.224 e. The van der Waals surface area contributed by atoms with Crippen molar-refractivity contribution in [2.45, 2.75) is 23.5 Å². The minimum absolute atomic E-state index is 0.00225. The van der Waals surface area contributed by atoms with Gasteiger partial charge in [-0.25, -0.2) is 0 Å². The lowest BCUT2D eigenvalue weighted by Crippen LogP contribution is -2.12. The summed E-state index contributed by atoms with van der Waals surface area (Å²) in [5.74, 6) is 1.71. The average Bonchev–Trinajstić information content (AvgIpc) is 2.72. The topological polar surface area (TPSA) is 51.2 Å². The Labute approximate surface area is 164 Å². The minimum Gasteiger partial charge on any atom is -0.494 e. The second kappa shape index (κ2) is 10.4. The predicted octanol–water partition coefficient (Wildman–Crippen LogP) is 5.17. The maximum atomic E-state index is 12.0. The lowest BCUT2D eigenvalue weighted by Gasteiger charge is -2.08. The molecule has 27 heavy (non-hydrogen) atoms. The van der Waals surface area contributed by atoms with Gasteiger partial charge in [0.2, 0.25) is 5.91 Å². The van der Waals surface area contributed by atoms with Gasteiger partial charge in [0.1, 0.15) is 5.75 Å². The highest BCUT2D eigenvalue weighted by Crippen LogP contribution is 2.24. The molecule has 0 saturated heterocycles. The van der Waals surface area contributed by atoms with Gasteiger partial charge in [0, 0.05) is 35.2 Å². The van der Waals surface area contributed by atoms with Gasteiger partial charge in [0.25, 0.3) is 0 Å². The number of hydrogen-bond acceptors (Lipinski definition) is 4. The van der Waals surface area contributed by atoms with Crippen molar-refractivity contribution in [2.75, 3.05) is 11.9 Å². The monoisotopic (exact) mass is 378 g/mol. The molecule has 5 heteroatoms. The van der Waals surface area contributed by atoms with Crippen LogP contribution in [0.4, 0.5) is 5.69 Å². The van der Waals surface area contributed by atoms with Crippen LogP contribution in [0.1, 0.15) is 18.4 Å². The summed E-state index contributed by atoms with van der Waals surface area (Å²) < 4.78 is 5.60. The molecule has 3 rings (SSSR count). The van der Waals surface area contributed by atoms with Crippen LogP contribution in [0.15, 0.2) is 84.0 Å². The van der Waals surface area contributed by atoms with Gasteiger partial charge in [-0.05, 0) is 54.4 Å². The Morgan fingerprint density at radius 2 is 1.81 bits per heavy atom. The average molecular weight is 378 g/mol. The number of aromatic nitrogens is 1. The number of carbonyl (C=O) groups is 1. The molecule has 2 aromatic carbocycles. The van der Waals surface area contributed by atoms with Gasteiger partial charge in [-0.3, -0.25) is 9.78 Å². The molecule has 0 radical (unpaired) electrons. The lowest BCUT2D eigenvalue weighted by atomic mass is 10.2. The van der Waals surface area contributed by atoms with Gasteiger partial charge in [0.05, 0.1) is 6.61 Å². The second-order valence-corrected chi connectivity index (χ2v) is 7.04. The Morgan fingerprint density at radius 3 is 2.56 bits per heavy atom. The summed E-state index contributed by atoms with van der Waals surface area (Å²) in [5, 5.41) is 2.93. The Hall–Kier alpha value is -2.79. The number of pyridine rings is 1. The first-order valence-corrected chi connectivity index (χ1v) is 9.87. The Balaban J connectivity index is 1.36. The van der Waals surface area contributed by atoms with Gasteiger partial charge in [-0.15, -0.1) is 11.8 Å². The number of hydrogen-bond donors (Lipinski definition) is 1. The summed E-state index contributed by atoms with van der Waals surface area (Å²) in [7, 11) is 0. The molecule has 0 aliphatic carbocycles. The zero-order chi connectivity index (χ0) is 18.7. The number of carbonyl (C=O) groups excluding carboxylic acids is 1. The summed E-state index contributed by atoms with van der Waals surface area (Å²) in [4.78, 5) is 17.3. The molecule has 0 spiro atoms. The third-order valence-corrected chi connectivity index (χ3v) is 4.91. The van der Waals surface area contributed by atoms with E-state index in [1.807, 2.05) is 66.9 Å². The number of rotatable bonds is 9. The van der Waals surface area contributed by atoms with Crippen LogP contribution in [0.5, 0.6) is 5.75 Å². The minimum atomic E-state index is 0.00225. The number of nitrogens with one attached hydrogen (secondary N) is 1. The lowest BCUT2D eigenvalue weighted by molar-refractivity contribution is -0.116. The zero-order valence-corrected chi connectivity index (χ0v) is 15.8. The maximum absolute atomic E-state index is 12.0. The quantitative estimate of drug-likeness (QED) is 0.412. The molecule has 0 atom stereocenters.